The Morgan fingerprint density at radius 3 is 2.58 bits per heavy atom. The molecule has 0 heterocycles. The molecular formula is C10H9O2. The van der Waals surface area contributed by atoms with Crippen molar-refractivity contribution in [1.82, 2.24) is 0 Å². The fraction of sp³-hybridized carbons (Fsp3) is 0. The van der Waals surface area contributed by atoms with Crippen molar-refractivity contribution in [1.29, 1.82) is 0 Å². The Morgan fingerprint density at radius 2 is 2.00 bits per heavy atom. The number of benzene rings is 1. The summed E-state index contributed by atoms with van der Waals surface area (Å²) in [6.45, 7) is 3.39. The fourth-order valence-electron chi connectivity index (χ4n) is 0.752. The van der Waals surface area contributed by atoms with Crippen molar-refractivity contribution in [3.63, 3.8) is 0 Å². The van der Waals surface area contributed by atoms with Gasteiger partial charge in [0.05, 0.1) is 11.8 Å². The Morgan fingerprint density at radius 1 is 1.33 bits per heavy atom. The van der Waals surface area contributed by atoms with E-state index in [2.05, 4.69) is 6.92 Å². The number of ether oxygens (including phenoxy) is 1. The smallest absolute Gasteiger partial charge is 0.342 e. The van der Waals surface area contributed by atoms with Gasteiger partial charge in [-0.25, -0.2) is 4.79 Å². The van der Waals surface area contributed by atoms with E-state index in [4.69, 9.17) is 4.74 Å². The number of hydrogen-bond donors (Lipinski definition) is 0. The molecule has 0 amide bonds. The van der Waals surface area contributed by atoms with Crippen LogP contribution in [-0.4, -0.2) is 5.97 Å². The Kier molecular flexibility index (Phi) is 3.08. The van der Waals surface area contributed by atoms with Crippen molar-refractivity contribution in [2.24, 2.45) is 0 Å². The molecule has 0 saturated heterocycles. The van der Waals surface area contributed by atoms with Gasteiger partial charge in [-0.15, -0.1) is 0 Å². The van der Waals surface area contributed by atoms with Crippen molar-refractivity contribution in [3.05, 3.63) is 55.2 Å². The molecule has 61 valence electrons. The molecule has 12 heavy (non-hydrogen) atoms. The zero-order valence-electron chi connectivity index (χ0n) is 6.57. The molecule has 0 aliphatic rings. The molecule has 0 bridgehead atoms. The second-order valence-corrected chi connectivity index (χ2v) is 2.14. The quantitative estimate of drug-likeness (QED) is 0.491. The summed E-state index contributed by atoms with van der Waals surface area (Å²) in [6, 6.07) is 8.79. The van der Waals surface area contributed by atoms with Gasteiger partial charge in [0.25, 0.3) is 0 Å². The molecule has 1 radical (unpaired) electrons. The molecule has 0 aromatic heterocycles. The van der Waals surface area contributed by atoms with Crippen LogP contribution in [0.15, 0.2) is 42.7 Å². The number of hydrogen-bond acceptors (Lipinski definition) is 2. The van der Waals surface area contributed by atoms with Crippen LogP contribution in [-0.2, 0) is 4.74 Å². The minimum atomic E-state index is -0.365. The third kappa shape index (κ3) is 2.23. The van der Waals surface area contributed by atoms with E-state index in [1.807, 2.05) is 6.07 Å². The fourth-order valence-corrected chi connectivity index (χ4v) is 0.752. The zero-order valence-corrected chi connectivity index (χ0v) is 6.57. The lowest BCUT2D eigenvalue weighted by Crippen LogP contribution is -1.99. The standard InChI is InChI=1S/C10H9O2/c1-2-8-12-10(11)9-6-4-3-5-7-9/h2-8H,1H2/b8-2+. The van der Waals surface area contributed by atoms with Gasteiger partial charge in [0.2, 0.25) is 0 Å². The molecule has 0 aliphatic heterocycles. The topological polar surface area (TPSA) is 26.3 Å². The average molecular weight is 161 g/mol. The Hall–Kier alpha value is -1.57. The van der Waals surface area contributed by atoms with E-state index in [1.54, 1.807) is 24.3 Å². The molecule has 1 rings (SSSR count). The highest BCUT2D eigenvalue weighted by atomic mass is 16.5. The van der Waals surface area contributed by atoms with Gasteiger partial charge in [-0.1, -0.05) is 18.2 Å². The van der Waals surface area contributed by atoms with E-state index in [0.29, 0.717) is 5.56 Å². The predicted molar refractivity (Wildman–Crippen MR) is 46.4 cm³/mol. The van der Waals surface area contributed by atoms with Gasteiger partial charge >= 0.3 is 5.97 Å². The molecule has 0 aliphatic carbocycles. The molecule has 2 heteroatoms. The van der Waals surface area contributed by atoms with E-state index in [9.17, 15) is 4.79 Å². The van der Waals surface area contributed by atoms with Crippen LogP contribution in [0.2, 0.25) is 0 Å². The number of carbonyl (C=O) groups is 1. The molecule has 0 atom stereocenters. The summed E-state index contributed by atoms with van der Waals surface area (Å²) in [5, 5.41) is 0. The zero-order chi connectivity index (χ0) is 8.81. The molecule has 2 nitrogen and oxygen atoms in total. The van der Waals surface area contributed by atoms with Crippen LogP contribution >= 0.6 is 0 Å². The third-order valence-corrected chi connectivity index (χ3v) is 1.28. The maximum Gasteiger partial charge on any atom is 0.342 e. The first-order valence-corrected chi connectivity index (χ1v) is 3.55. The maximum absolute atomic E-state index is 11.1. The summed E-state index contributed by atoms with van der Waals surface area (Å²) in [7, 11) is 0. The summed E-state index contributed by atoms with van der Waals surface area (Å²) in [6.07, 6.45) is 2.68. The molecule has 0 unspecified atom stereocenters. The highest BCUT2D eigenvalue weighted by molar-refractivity contribution is 5.89. The van der Waals surface area contributed by atoms with Crippen LogP contribution in [0.1, 0.15) is 10.4 Å². The van der Waals surface area contributed by atoms with E-state index >= 15 is 0 Å². The number of esters is 1. The Balaban J connectivity index is 2.66. The Labute approximate surface area is 71.5 Å². The summed E-state index contributed by atoms with van der Waals surface area (Å²) in [4.78, 5) is 11.1. The normalized spacial score (nSPS) is 10.1. The second kappa shape index (κ2) is 4.34. The number of allylic oxidation sites excluding steroid dienone is 1. The van der Waals surface area contributed by atoms with Crippen LogP contribution in [0.3, 0.4) is 0 Å². The largest absolute Gasteiger partial charge is 0.431 e. The van der Waals surface area contributed by atoms with Gasteiger partial charge < -0.3 is 4.74 Å². The highest BCUT2D eigenvalue weighted by Gasteiger charge is 2.02. The van der Waals surface area contributed by atoms with Crippen molar-refractivity contribution < 1.29 is 9.53 Å². The lowest BCUT2D eigenvalue weighted by Gasteiger charge is -1.96. The van der Waals surface area contributed by atoms with E-state index < -0.39 is 0 Å². The van der Waals surface area contributed by atoms with Gasteiger partial charge in [-0.2, -0.15) is 0 Å². The first-order valence-electron chi connectivity index (χ1n) is 3.55. The van der Waals surface area contributed by atoms with Crippen molar-refractivity contribution in [3.8, 4) is 0 Å². The van der Waals surface area contributed by atoms with E-state index in [1.165, 1.54) is 12.3 Å². The predicted octanol–water partition coefficient (Wildman–Crippen LogP) is 2.19. The lowest BCUT2D eigenvalue weighted by molar-refractivity contribution is 0.0663. The van der Waals surface area contributed by atoms with Crippen LogP contribution in [0.5, 0.6) is 0 Å². The van der Waals surface area contributed by atoms with Crippen molar-refractivity contribution >= 4 is 5.97 Å². The second-order valence-electron chi connectivity index (χ2n) is 2.14. The monoisotopic (exact) mass is 161 g/mol. The first kappa shape index (κ1) is 8.53. The Bertz CT molecular complexity index is 275. The number of rotatable bonds is 2. The molecule has 0 spiro atoms. The van der Waals surface area contributed by atoms with E-state index in [-0.39, 0.29) is 5.97 Å². The molecule has 0 fully saturated rings. The molecule has 1 aromatic rings. The first-order chi connectivity index (χ1) is 5.84. The van der Waals surface area contributed by atoms with Gasteiger partial charge in [-0.3, -0.25) is 0 Å². The average Bonchev–Trinajstić information content (AvgIpc) is 2.15. The van der Waals surface area contributed by atoms with E-state index in [0.717, 1.165) is 0 Å². The molecule has 0 saturated carbocycles. The number of carbonyl (C=O) groups excluding carboxylic acids is 1. The highest BCUT2D eigenvalue weighted by Crippen LogP contribution is 2.00. The molecular weight excluding hydrogens is 152 g/mol. The van der Waals surface area contributed by atoms with Crippen LogP contribution in [0.25, 0.3) is 0 Å². The minimum absolute atomic E-state index is 0.365. The van der Waals surface area contributed by atoms with Crippen molar-refractivity contribution in [2.45, 2.75) is 0 Å². The van der Waals surface area contributed by atoms with Gasteiger partial charge in [0.1, 0.15) is 0 Å². The molecule has 0 N–H and O–H groups in total. The van der Waals surface area contributed by atoms with Crippen LogP contribution < -0.4 is 0 Å². The van der Waals surface area contributed by atoms with Gasteiger partial charge in [0.15, 0.2) is 0 Å². The van der Waals surface area contributed by atoms with Gasteiger partial charge in [-0.05, 0) is 25.1 Å². The summed E-state index contributed by atoms with van der Waals surface area (Å²) in [5.41, 5.74) is 0.538. The van der Waals surface area contributed by atoms with Crippen LogP contribution in [0, 0.1) is 6.92 Å². The summed E-state index contributed by atoms with van der Waals surface area (Å²) < 4.78 is 4.70. The SMILES string of the molecule is [CH2]/C=C/OC(=O)c1ccccc1. The lowest BCUT2D eigenvalue weighted by atomic mass is 10.2. The van der Waals surface area contributed by atoms with Crippen molar-refractivity contribution in [2.75, 3.05) is 0 Å². The minimum Gasteiger partial charge on any atom is -0.431 e. The van der Waals surface area contributed by atoms with Gasteiger partial charge in [0, 0.05) is 0 Å². The maximum atomic E-state index is 11.1. The molecule has 1 aromatic carbocycles. The summed E-state index contributed by atoms with van der Waals surface area (Å²) >= 11 is 0. The van der Waals surface area contributed by atoms with Crippen LogP contribution in [0.4, 0.5) is 0 Å². The summed E-state index contributed by atoms with van der Waals surface area (Å²) in [5.74, 6) is -0.365. The third-order valence-electron chi connectivity index (χ3n) is 1.28.